The highest BCUT2D eigenvalue weighted by Crippen LogP contribution is 2.37. The van der Waals surface area contributed by atoms with E-state index in [1.54, 1.807) is 0 Å². The Labute approximate surface area is 268 Å². The number of hydrogen-bond donors (Lipinski definition) is 2. The molecule has 1 aliphatic carbocycles. The molecule has 1 saturated carbocycles. The lowest BCUT2D eigenvalue weighted by Gasteiger charge is -2.46. The van der Waals surface area contributed by atoms with E-state index in [-0.39, 0.29) is 29.9 Å². The highest BCUT2D eigenvalue weighted by atomic mass is 16.5. The molecule has 0 spiro atoms. The lowest BCUT2D eigenvalue weighted by molar-refractivity contribution is -0.153. The number of nitrogens with one attached hydrogen (secondary N) is 2. The summed E-state index contributed by atoms with van der Waals surface area (Å²) in [6.45, 7) is 7.35. The van der Waals surface area contributed by atoms with Crippen LogP contribution in [-0.2, 0) is 16.0 Å². The third kappa shape index (κ3) is 7.10. The van der Waals surface area contributed by atoms with Crippen LogP contribution < -0.4 is 10.6 Å². The van der Waals surface area contributed by atoms with E-state index in [1.807, 2.05) is 49.4 Å². The van der Waals surface area contributed by atoms with Crippen LogP contribution in [0.5, 0.6) is 0 Å². The molecule has 0 bridgehead atoms. The minimum atomic E-state index is -0.249. The Morgan fingerprint density at radius 1 is 0.956 bits per heavy atom. The molecular weight excluding hydrogens is 560 g/mol. The molecule has 3 atom stereocenters. The minimum Gasteiger partial charge on any atom is -0.466 e. The molecular formula is C38H50N4O3. The van der Waals surface area contributed by atoms with Gasteiger partial charge in [-0.3, -0.25) is 14.5 Å². The molecule has 6 rings (SSSR count). The summed E-state index contributed by atoms with van der Waals surface area (Å²) in [5.74, 6) is 0.0966. The molecule has 240 valence electrons. The number of likely N-dealkylation sites (tertiary alicyclic amines) is 1. The van der Waals surface area contributed by atoms with Crippen LogP contribution in [0.15, 0.2) is 54.6 Å². The van der Waals surface area contributed by atoms with Gasteiger partial charge in [-0.15, -0.1) is 0 Å². The molecule has 3 aromatic rings. The number of esters is 1. The van der Waals surface area contributed by atoms with Crippen LogP contribution in [0.1, 0.15) is 87.6 Å². The van der Waals surface area contributed by atoms with Crippen molar-refractivity contribution in [1.29, 1.82) is 0 Å². The van der Waals surface area contributed by atoms with E-state index in [0.717, 1.165) is 85.9 Å². The van der Waals surface area contributed by atoms with Crippen molar-refractivity contribution in [3.05, 3.63) is 65.7 Å². The van der Waals surface area contributed by atoms with Gasteiger partial charge in [-0.05, 0) is 96.0 Å². The van der Waals surface area contributed by atoms with Gasteiger partial charge in [0.05, 0.1) is 29.3 Å². The first kappa shape index (κ1) is 31.7. The SMILES string of the molecule is CCOC(=O)C1CCCN(C2CCNCC2)[C@@H]1Cc1c(-c2ccccc2)nc2ccccc2c1C(=O)N[C@@H](C)C1CCCCC1. The number of aromatic nitrogens is 1. The number of fused-ring (bicyclic) bond motifs is 1. The monoisotopic (exact) mass is 610 g/mol. The van der Waals surface area contributed by atoms with Gasteiger partial charge in [-0.2, -0.15) is 0 Å². The van der Waals surface area contributed by atoms with Crippen molar-refractivity contribution in [1.82, 2.24) is 20.5 Å². The molecule has 3 aliphatic rings. The van der Waals surface area contributed by atoms with E-state index in [1.165, 1.54) is 19.3 Å². The molecule has 2 aromatic carbocycles. The Hall–Kier alpha value is -3.29. The van der Waals surface area contributed by atoms with E-state index in [2.05, 4.69) is 34.6 Å². The largest absolute Gasteiger partial charge is 0.466 e. The summed E-state index contributed by atoms with van der Waals surface area (Å²) in [5, 5.41) is 7.85. The quantitative estimate of drug-likeness (QED) is 0.268. The van der Waals surface area contributed by atoms with Gasteiger partial charge in [0.25, 0.3) is 5.91 Å². The number of nitrogens with zero attached hydrogens (tertiary/aromatic N) is 2. The summed E-state index contributed by atoms with van der Waals surface area (Å²) in [4.78, 5) is 36.0. The summed E-state index contributed by atoms with van der Waals surface area (Å²) in [6.07, 6.45) is 10.5. The predicted molar refractivity (Wildman–Crippen MR) is 180 cm³/mol. The Morgan fingerprint density at radius 2 is 1.69 bits per heavy atom. The molecule has 0 radical (unpaired) electrons. The standard InChI is InChI=1S/C38H50N4O3/c1-3-45-38(44)31-18-12-24-42(29-20-22-39-23-21-29)34(31)25-32-35(37(43)40-26(2)27-13-6-4-7-14-27)30-17-10-11-19-33(30)41-36(32)28-15-8-5-9-16-28/h5,8-11,15-17,19,26-27,29,31,34,39H,3-4,6-7,12-14,18,20-25H2,1-2H3,(H,40,43)/t26-,31?,34+/m0/s1. The van der Waals surface area contributed by atoms with Gasteiger partial charge >= 0.3 is 5.97 Å². The zero-order chi connectivity index (χ0) is 31.2. The first-order valence-corrected chi connectivity index (χ1v) is 17.5. The predicted octanol–water partition coefficient (Wildman–Crippen LogP) is 6.54. The summed E-state index contributed by atoms with van der Waals surface area (Å²) >= 11 is 0. The smallest absolute Gasteiger partial charge is 0.310 e. The van der Waals surface area contributed by atoms with Gasteiger partial charge in [-0.1, -0.05) is 67.8 Å². The van der Waals surface area contributed by atoms with Crippen molar-refractivity contribution in [3.8, 4) is 11.3 Å². The Kier molecular flexibility index (Phi) is 10.5. The highest BCUT2D eigenvalue weighted by Gasteiger charge is 2.41. The van der Waals surface area contributed by atoms with Crippen LogP contribution in [0.25, 0.3) is 22.2 Å². The van der Waals surface area contributed by atoms with Crippen LogP contribution in [0.3, 0.4) is 0 Å². The van der Waals surface area contributed by atoms with Crippen molar-refractivity contribution in [2.45, 2.75) is 96.2 Å². The molecule has 7 nitrogen and oxygen atoms in total. The van der Waals surface area contributed by atoms with Crippen LogP contribution >= 0.6 is 0 Å². The van der Waals surface area contributed by atoms with E-state index in [0.29, 0.717) is 30.6 Å². The molecule has 3 fully saturated rings. The van der Waals surface area contributed by atoms with Gasteiger partial charge in [0.15, 0.2) is 0 Å². The zero-order valence-electron chi connectivity index (χ0n) is 27.1. The number of ether oxygens (including phenoxy) is 1. The van der Waals surface area contributed by atoms with Crippen molar-refractivity contribution >= 4 is 22.8 Å². The molecule has 45 heavy (non-hydrogen) atoms. The van der Waals surface area contributed by atoms with Crippen molar-refractivity contribution in [2.75, 3.05) is 26.2 Å². The second-order valence-corrected chi connectivity index (χ2v) is 13.3. The van der Waals surface area contributed by atoms with Gasteiger partial charge < -0.3 is 15.4 Å². The van der Waals surface area contributed by atoms with E-state index >= 15 is 0 Å². The number of carbonyl (C=O) groups is 2. The van der Waals surface area contributed by atoms with Gasteiger partial charge in [-0.25, -0.2) is 4.98 Å². The number of para-hydroxylation sites is 1. The fourth-order valence-corrected chi connectivity index (χ4v) is 8.24. The number of pyridine rings is 1. The molecule has 2 saturated heterocycles. The Balaban J connectivity index is 1.48. The zero-order valence-corrected chi connectivity index (χ0v) is 27.1. The molecule has 1 aromatic heterocycles. The lowest BCUT2D eigenvalue weighted by Crippen LogP contribution is -2.56. The highest BCUT2D eigenvalue weighted by molar-refractivity contribution is 6.09. The molecule has 1 unspecified atom stereocenters. The number of amides is 1. The third-order valence-electron chi connectivity index (χ3n) is 10.6. The third-order valence-corrected chi connectivity index (χ3v) is 10.6. The van der Waals surface area contributed by atoms with Crippen LogP contribution in [0, 0.1) is 11.8 Å². The van der Waals surface area contributed by atoms with Crippen LogP contribution in [0.4, 0.5) is 0 Å². The molecule has 3 heterocycles. The fraction of sp³-hybridized carbons (Fsp3) is 0.553. The number of piperidine rings is 2. The van der Waals surface area contributed by atoms with Crippen LogP contribution in [0.2, 0.25) is 0 Å². The number of benzene rings is 2. The van der Waals surface area contributed by atoms with E-state index in [4.69, 9.17) is 9.72 Å². The van der Waals surface area contributed by atoms with E-state index < -0.39 is 0 Å². The maximum Gasteiger partial charge on any atom is 0.310 e. The second-order valence-electron chi connectivity index (χ2n) is 13.3. The molecule has 7 heteroatoms. The average molecular weight is 611 g/mol. The van der Waals surface area contributed by atoms with Crippen molar-refractivity contribution < 1.29 is 14.3 Å². The van der Waals surface area contributed by atoms with Gasteiger partial charge in [0.1, 0.15) is 0 Å². The number of carbonyl (C=O) groups excluding carboxylic acids is 2. The molecule has 1 amide bonds. The molecule has 2 aliphatic heterocycles. The number of rotatable bonds is 9. The summed E-state index contributed by atoms with van der Waals surface area (Å²) in [5.41, 5.74) is 4.29. The first-order valence-electron chi connectivity index (χ1n) is 17.5. The summed E-state index contributed by atoms with van der Waals surface area (Å²) < 4.78 is 5.69. The lowest BCUT2D eigenvalue weighted by atomic mass is 9.80. The second kappa shape index (κ2) is 14.9. The first-order chi connectivity index (χ1) is 22.0. The average Bonchev–Trinajstić information content (AvgIpc) is 3.09. The Morgan fingerprint density at radius 3 is 2.44 bits per heavy atom. The number of hydrogen-bond acceptors (Lipinski definition) is 6. The minimum absolute atomic E-state index is 0.0317. The fourth-order valence-electron chi connectivity index (χ4n) is 8.24. The molecule has 2 N–H and O–H groups in total. The van der Waals surface area contributed by atoms with E-state index in [9.17, 15) is 9.59 Å². The maximum absolute atomic E-state index is 14.6. The Bertz CT molecular complexity index is 1450. The van der Waals surface area contributed by atoms with Crippen molar-refractivity contribution in [2.24, 2.45) is 11.8 Å². The normalized spacial score (nSPS) is 22.6. The summed E-state index contributed by atoms with van der Waals surface area (Å²) in [7, 11) is 0. The maximum atomic E-state index is 14.6. The van der Waals surface area contributed by atoms with Crippen LogP contribution in [-0.4, -0.2) is 66.1 Å². The van der Waals surface area contributed by atoms with Crippen molar-refractivity contribution in [3.63, 3.8) is 0 Å². The topological polar surface area (TPSA) is 83.6 Å². The summed E-state index contributed by atoms with van der Waals surface area (Å²) in [6, 6.07) is 18.7. The van der Waals surface area contributed by atoms with Gasteiger partial charge in [0.2, 0.25) is 0 Å². The van der Waals surface area contributed by atoms with Gasteiger partial charge in [0, 0.05) is 29.1 Å².